The topological polar surface area (TPSA) is 83.6 Å². The minimum atomic E-state index is -0.118. The Labute approximate surface area is 144 Å². The summed E-state index contributed by atoms with van der Waals surface area (Å²) in [5.74, 6) is 1.10. The summed E-state index contributed by atoms with van der Waals surface area (Å²) in [6.45, 7) is 6.17. The van der Waals surface area contributed by atoms with E-state index in [1.165, 1.54) is 17.7 Å². The molecule has 24 heavy (non-hydrogen) atoms. The van der Waals surface area contributed by atoms with E-state index in [-0.39, 0.29) is 5.91 Å². The Morgan fingerprint density at radius 3 is 2.67 bits per heavy atom. The van der Waals surface area contributed by atoms with E-state index in [1.54, 1.807) is 0 Å². The van der Waals surface area contributed by atoms with Crippen LogP contribution in [0.2, 0.25) is 0 Å². The van der Waals surface area contributed by atoms with Gasteiger partial charge in [0.05, 0.1) is 10.7 Å². The molecule has 3 aromatic rings. The van der Waals surface area contributed by atoms with E-state index in [0.717, 1.165) is 28.4 Å². The van der Waals surface area contributed by atoms with E-state index in [4.69, 9.17) is 0 Å². The van der Waals surface area contributed by atoms with Crippen LogP contribution >= 0.6 is 11.3 Å². The molecule has 1 amide bonds. The van der Waals surface area contributed by atoms with Crippen LogP contribution in [0.25, 0.3) is 11.4 Å². The van der Waals surface area contributed by atoms with Gasteiger partial charge in [-0.25, -0.2) is 9.97 Å². The number of benzene rings is 1. The predicted octanol–water partition coefficient (Wildman–Crippen LogP) is 3.69. The fraction of sp³-hybridized carbons (Fsp3) is 0.294. The van der Waals surface area contributed by atoms with Crippen LogP contribution in [0.3, 0.4) is 0 Å². The first-order valence-electron chi connectivity index (χ1n) is 7.76. The van der Waals surface area contributed by atoms with Crippen molar-refractivity contribution < 1.29 is 4.79 Å². The van der Waals surface area contributed by atoms with Crippen LogP contribution in [0.15, 0.2) is 30.6 Å². The lowest BCUT2D eigenvalue weighted by atomic mass is 10.1. The Balaban J connectivity index is 1.72. The Hall–Kier alpha value is -2.54. The highest BCUT2D eigenvalue weighted by Gasteiger charge is 2.16. The third kappa shape index (κ3) is 3.68. The zero-order valence-corrected chi connectivity index (χ0v) is 14.6. The lowest BCUT2D eigenvalue weighted by Crippen LogP contribution is -2.11. The van der Waals surface area contributed by atoms with Gasteiger partial charge in [0.1, 0.15) is 11.2 Å². The molecule has 2 aromatic heterocycles. The van der Waals surface area contributed by atoms with Gasteiger partial charge in [-0.05, 0) is 37.1 Å². The van der Waals surface area contributed by atoms with E-state index in [9.17, 15) is 4.79 Å². The van der Waals surface area contributed by atoms with Gasteiger partial charge in [0.15, 0.2) is 5.82 Å². The van der Waals surface area contributed by atoms with Crippen LogP contribution in [-0.4, -0.2) is 26.1 Å². The third-order valence-corrected chi connectivity index (χ3v) is 4.64. The minimum Gasteiger partial charge on any atom is -0.321 e. The molecule has 0 unspecified atom stereocenters. The van der Waals surface area contributed by atoms with Crippen molar-refractivity contribution in [3.8, 4) is 11.4 Å². The van der Waals surface area contributed by atoms with Crippen molar-refractivity contribution >= 4 is 22.9 Å². The number of nitrogens with one attached hydrogen (secondary N) is 2. The van der Waals surface area contributed by atoms with E-state index < -0.39 is 0 Å². The number of anilines is 1. The molecule has 0 aliphatic carbocycles. The molecular formula is C17H19N5OS. The molecule has 0 atom stereocenters. The second kappa shape index (κ2) is 6.92. The Kier molecular flexibility index (Phi) is 4.71. The number of carbonyl (C=O) groups excluding carboxylic acids is 1. The smallest absolute Gasteiger partial charge is 0.267 e. The number of rotatable bonds is 5. The molecule has 0 bridgehead atoms. The van der Waals surface area contributed by atoms with Gasteiger partial charge in [0.25, 0.3) is 5.91 Å². The summed E-state index contributed by atoms with van der Waals surface area (Å²) in [7, 11) is 0. The number of carbonyl (C=O) groups is 1. The SMILES string of the molecule is Cc1nc(CC(C)C)sc1C(=O)Nc1ccc(-c2ncn[nH]2)cc1. The monoisotopic (exact) mass is 341 g/mol. The summed E-state index contributed by atoms with van der Waals surface area (Å²) >= 11 is 1.47. The second-order valence-corrected chi connectivity index (χ2v) is 7.07. The van der Waals surface area contributed by atoms with Gasteiger partial charge < -0.3 is 5.32 Å². The van der Waals surface area contributed by atoms with Crippen LogP contribution < -0.4 is 5.32 Å². The molecule has 0 aliphatic heterocycles. The van der Waals surface area contributed by atoms with Crippen LogP contribution in [-0.2, 0) is 6.42 Å². The number of H-pyrrole nitrogens is 1. The first-order chi connectivity index (χ1) is 11.5. The lowest BCUT2D eigenvalue weighted by molar-refractivity contribution is 0.103. The molecule has 1 aromatic carbocycles. The van der Waals surface area contributed by atoms with Gasteiger partial charge in [-0.15, -0.1) is 11.3 Å². The molecule has 2 N–H and O–H groups in total. The summed E-state index contributed by atoms with van der Waals surface area (Å²) in [6.07, 6.45) is 2.36. The average Bonchev–Trinajstić information content (AvgIpc) is 3.17. The largest absolute Gasteiger partial charge is 0.321 e. The van der Waals surface area contributed by atoms with E-state index in [1.807, 2.05) is 31.2 Å². The van der Waals surface area contributed by atoms with Gasteiger partial charge in [-0.1, -0.05) is 13.8 Å². The quantitative estimate of drug-likeness (QED) is 0.741. The lowest BCUT2D eigenvalue weighted by Gasteiger charge is -2.05. The van der Waals surface area contributed by atoms with Gasteiger partial charge >= 0.3 is 0 Å². The number of amides is 1. The van der Waals surface area contributed by atoms with Crippen molar-refractivity contribution in [1.82, 2.24) is 20.2 Å². The van der Waals surface area contributed by atoms with Crippen molar-refractivity contribution in [2.75, 3.05) is 5.32 Å². The first kappa shape index (κ1) is 16.3. The number of aryl methyl sites for hydroxylation is 1. The van der Waals surface area contributed by atoms with Crippen molar-refractivity contribution in [2.45, 2.75) is 27.2 Å². The number of nitrogens with zero attached hydrogens (tertiary/aromatic N) is 3. The predicted molar refractivity (Wildman–Crippen MR) is 95.2 cm³/mol. The Morgan fingerprint density at radius 1 is 1.29 bits per heavy atom. The van der Waals surface area contributed by atoms with Crippen molar-refractivity contribution in [2.24, 2.45) is 5.92 Å². The fourth-order valence-electron chi connectivity index (χ4n) is 2.34. The van der Waals surface area contributed by atoms with Crippen molar-refractivity contribution in [3.63, 3.8) is 0 Å². The maximum absolute atomic E-state index is 12.5. The summed E-state index contributed by atoms with van der Waals surface area (Å²) in [4.78, 5) is 21.8. The molecule has 0 spiro atoms. The molecule has 7 heteroatoms. The average molecular weight is 341 g/mol. The molecule has 0 radical (unpaired) electrons. The Morgan fingerprint density at radius 2 is 2.04 bits per heavy atom. The maximum atomic E-state index is 12.5. The Bertz CT molecular complexity index is 821. The van der Waals surface area contributed by atoms with Crippen LogP contribution in [0.5, 0.6) is 0 Å². The molecule has 3 rings (SSSR count). The van der Waals surface area contributed by atoms with Gasteiger partial charge in [-0.2, -0.15) is 5.10 Å². The highest BCUT2D eigenvalue weighted by molar-refractivity contribution is 7.13. The molecular weight excluding hydrogens is 322 g/mol. The zero-order chi connectivity index (χ0) is 17.1. The maximum Gasteiger partial charge on any atom is 0.267 e. The third-order valence-electron chi connectivity index (χ3n) is 3.46. The van der Waals surface area contributed by atoms with Crippen molar-refractivity contribution in [3.05, 3.63) is 46.2 Å². The highest BCUT2D eigenvalue weighted by Crippen LogP contribution is 2.23. The van der Waals surface area contributed by atoms with Gasteiger partial charge in [-0.3, -0.25) is 9.89 Å². The first-order valence-corrected chi connectivity index (χ1v) is 8.58. The zero-order valence-electron chi connectivity index (χ0n) is 13.8. The number of hydrogen-bond acceptors (Lipinski definition) is 5. The molecule has 0 fully saturated rings. The number of aromatic nitrogens is 4. The van der Waals surface area contributed by atoms with Crippen LogP contribution in [0.4, 0.5) is 5.69 Å². The molecule has 124 valence electrons. The summed E-state index contributed by atoms with van der Waals surface area (Å²) in [6, 6.07) is 7.47. The highest BCUT2D eigenvalue weighted by atomic mass is 32.1. The normalized spacial score (nSPS) is 11.0. The van der Waals surface area contributed by atoms with E-state index in [0.29, 0.717) is 16.6 Å². The van der Waals surface area contributed by atoms with E-state index in [2.05, 4.69) is 39.3 Å². The van der Waals surface area contributed by atoms with Crippen molar-refractivity contribution in [1.29, 1.82) is 0 Å². The summed E-state index contributed by atoms with van der Waals surface area (Å²) < 4.78 is 0. The van der Waals surface area contributed by atoms with Gasteiger partial charge in [0.2, 0.25) is 0 Å². The van der Waals surface area contributed by atoms with Crippen LogP contribution in [0.1, 0.15) is 34.2 Å². The van der Waals surface area contributed by atoms with Crippen LogP contribution in [0, 0.1) is 12.8 Å². The van der Waals surface area contributed by atoms with E-state index >= 15 is 0 Å². The summed E-state index contributed by atoms with van der Waals surface area (Å²) in [5.41, 5.74) is 2.44. The number of thiazole rings is 1. The standard InChI is InChI=1S/C17H19N5OS/c1-10(2)8-14-20-11(3)15(24-14)17(23)21-13-6-4-12(5-7-13)16-18-9-19-22-16/h4-7,9-10H,8H2,1-3H3,(H,21,23)(H,18,19,22). The summed E-state index contributed by atoms with van der Waals surface area (Å²) in [5, 5.41) is 10.6. The number of aromatic amines is 1. The minimum absolute atomic E-state index is 0.118. The molecule has 0 saturated carbocycles. The molecule has 6 nitrogen and oxygen atoms in total. The molecule has 0 aliphatic rings. The fourth-order valence-corrected chi connectivity index (χ4v) is 3.52. The molecule has 0 saturated heterocycles. The van der Waals surface area contributed by atoms with Gasteiger partial charge in [0, 0.05) is 17.7 Å². The molecule has 2 heterocycles. The second-order valence-electron chi connectivity index (χ2n) is 5.99. The number of hydrogen-bond donors (Lipinski definition) is 2.